The van der Waals surface area contributed by atoms with Crippen LogP contribution in [0.2, 0.25) is 0 Å². The minimum Gasteiger partial charge on any atom is -0.464 e. The standard InChI is InChI=1S/C16H26O2.C13H18O5/c1-7-12(2)13-8-10-14(11-9-13)18-15(17-6)16(3,4)5;1-4-13(2,3)12(15)18-9-7-5-6-8(16-7)10(9)17-11(6)14/h8-12,15H,7H2,1-6H3;6-10H,4-5H2,1-3H3. The molecular weight excluding hydrogens is 460 g/mol. The Morgan fingerprint density at radius 1 is 1.08 bits per heavy atom. The van der Waals surface area contributed by atoms with E-state index in [1.165, 1.54) is 5.56 Å². The van der Waals surface area contributed by atoms with Gasteiger partial charge in [0.2, 0.25) is 6.29 Å². The van der Waals surface area contributed by atoms with Crippen LogP contribution in [0.1, 0.15) is 86.1 Å². The maximum absolute atomic E-state index is 12.1. The first-order chi connectivity index (χ1) is 16.8. The highest BCUT2D eigenvalue weighted by Crippen LogP contribution is 2.47. The summed E-state index contributed by atoms with van der Waals surface area (Å²) in [6.45, 7) is 16.4. The zero-order valence-corrected chi connectivity index (χ0v) is 23.3. The fraction of sp³-hybridized carbons (Fsp3) is 0.724. The molecule has 0 radical (unpaired) electrons. The van der Waals surface area contributed by atoms with Crippen LogP contribution in [0.5, 0.6) is 5.75 Å². The van der Waals surface area contributed by atoms with Crippen molar-refractivity contribution < 1.29 is 33.3 Å². The average Bonchev–Trinajstić information content (AvgIpc) is 3.47. The first-order valence-electron chi connectivity index (χ1n) is 13.2. The third kappa shape index (κ3) is 6.05. The van der Waals surface area contributed by atoms with Gasteiger partial charge in [-0.15, -0.1) is 0 Å². The highest BCUT2D eigenvalue weighted by atomic mass is 16.7. The number of hydrogen-bond donors (Lipinski definition) is 0. The van der Waals surface area contributed by atoms with Crippen molar-refractivity contribution in [3.05, 3.63) is 29.8 Å². The lowest BCUT2D eigenvalue weighted by Crippen LogP contribution is -2.42. The number of carbonyl (C=O) groups is 2. The Balaban J connectivity index is 0.000000201. The number of ether oxygens (including phenoxy) is 5. The molecule has 1 aromatic carbocycles. The molecule has 3 aliphatic rings. The van der Waals surface area contributed by atoms with Crippen molar-refractivity contribution in [1.82, 2.24) is 0 Å². The molecule has 3 fully saturated rings. The van der Waals surface area contributed by atoms with E-state index in [0.29, 0.717) is 18.8 Å². The zero-order chi connectivity index (χ0) is 26.8. The van der Waals surface area contributed by atoms with Gasteiger partial charge in [0.15, 0.2) is 12.2 Å². The second-order valence-electron chi connectivity index (χ2n) is 11.9. The summed E-state index contributed by atoms with van der Waals surface area (Å²) in [6.07, 6.45) is 1.06. The highest BCUT2D eigenvalue weighted by molar-refractivity contribution is 5.78. The summed E-state index contributed by atoms with van der Waals surface area (Å²) >= 11 is 0. The Bertz CT molecular complexity index is 901. The van der Waals surface area contributed by atoms with Crippen LogP contribution in [-0.2, 0) is 28.5 Å². The third-order valence-electron chi connectivity index (χ3n) is 7.69. The lowest BCUT2D eigenvalue weighted by Gasteiger charge is -2.29. The fourth-order valence-electron chi connectivity index (χ4n) is 4.62. The van der Waals surface area contributed by atoms with Gasteiger partial charge in [0.1, 0.15) is 11.9 Å². The van der Waals surface area contributed by atoms with Gasteiger partial charge in [-0.3, -0.25) is 9.59 Å². The molecule has 0 spiro atoms. The van der Waals surface area contributed by atoms with E-state index in [1.54, 1.807) is 7.11 Å². The summed E-state index contributed by atoms with van der Waals surface area (Å²) in [5.74, 6) is 0.865. The third-order valence-corrected chi connectivity index (χ3v) is 7.69. The van der Waals surface area contributed by atoms with Gasteiger partial charge in [-0.25, -0.2) is 0 Å². The molecule has 7 heteroatoms. The monoisotopic (exact) mass is 504 g/mol. The van der Waals surface area contributed by atoms with E-state index in [1.807, 2.05) is 32.9 Å². The second kappa shape index (κ2) is 11.1. The van der Waals surface area contributed by atoms with E-state index in [9.17, 15) is 9.59 Å². The topological polar surface area (TPSA) is 80.3 Å². The van der Waals surface area contributed by atoms with Crippen LogP contribution in [-0.4, -0.2) is 49.8 Å². The molecule has 0 saturated carbocycles. The Hall–Kier alpha value is -2.12. The molecule has 202 valence electrons. The van der Waals surface area contributed by atoms with E-state index in [4.69, 9.17) is 23.7 Å². The van der Waals surface area contributed by atoms with Gasteiger partial charge in [-0.05, 0) is 56.7 Å². The summed E-state index contributed by atoms with van der Waals surface area (Å²) in [6, 6.07) is 8.33. The molecule has 7 atom stereocenters. The van der Waals surface area contributed by atoms with Crippen molar-refractivity contribution in [2.45, 2.75) is 111 Å². The maximum atomic E-state index is 12.1. The second-order valence-corrected chi connectivity index (χ2v) is 11.9. The summed E-state index contributed by atoms with van der Waals surface area (Å²) in [7, 11) is 1.68. The number of benzene rings is 1. The van der Waals surface area contributed by atoms with Crippen LogP contribution in [0, 0.1) is 16.7 Å². The fourth-order valence-corrected chi connectivity index (χ4v) is 4.62. The number of rotatable bonds is 8. The zero-order valence-electron chi connectivity index (χ0n) is 23.3. The minimum absolute atomic E-state index is 0.0376. The molecule has 0 N–H and O–H groups in total. The Kier molecular flexibility index (Phi) is 8.77. The van der Waals surface area contributed by atoms with E-state index in [0.717, 1.165) is 12.2 Å². The lowest BCUT2D eigenvalue weighted by molar-refractivity contribution is -0.169. The number of hydrogen-bond acceptors (Lipinski definition) is 7. The number of methoxy groups -OCH3 is 1. The van der Waals surface area contributed by atoms with E-state index in [2.05, 4.69) is 46.8 Å². The van der Waals surface area contributed by atoms with Crippen LogP contribution < -0.4 is 4.74 Å². The van der Waals surface area contributed by atoms with E-state index in [-0.39, 0.29) is 41.8 Å². The molecule has 0 aromatic heterocycles. The Labute approximate surface area is 216 Å². The number of esters is 2. The van der Waals surface area contributed by atoms with Crippen LogP contribution in [0.4, 0.5) is 0 Å². The molecule has 2 bridgehead atoms. The van der Waals surface area contributed by atoms with Gasteiger partial charge >= 0.3 is 11.9 Å². The predicted molar refractivity (Wildman–Crippen MR) is 137 cm³/mol. The summed E-state index contributed by atoms with van der Waals surface area (Å²) in [5, 5.41) is 0. The van der Waals surface area contributed by atoms with Crippen LogP contribution in [0.15, 0.2) is 24.3 Å². The molecule has 3 saturated heterocycles. The molecule has 3 heterocycles. The van der Waals surface area contributed by atoms with Gasteiger partial charge in [-0.1, -0.05) is 53.7 Å². The van der Waals surface area contributed by atoms with Gasteiger partial charge in [0, 0.05) is 12.5 Å². The van der Waals surface area contributed by atoms with Crippen molar-refractivity contribution in [1.29, 1.82) is 0 Å². The normalized spacial score (nSPS) is 28.1. The van der Waals surface area contributed by atoms with Gasteiger partial charge in [0.25, 0.3) is 0 Å². The SMILES string of the molecule is CCC(C)(C)C(=O)OC1C2CC3C(=O)OC1C3O2.CCC(C)c1ccc(OC(OC)C(C)(C)C)cc1. The van der Waals surface area contributed by atoms with Crippen LogP contribution in [0.25, 0.3) is 0 Å². The molecule has 0 amide bonds. The van der Waals surface area contributed by atoms with Crippen molar-refractivity contribution in [3.8, 4) is 5.75 Å². The molecule has 1 aromatic rings. The first-order valence-corrected chi connectivity index (χ1v) is 13.2. The molecule has 3 aliphatic heterocycles. The molecular formula is C29H44O7. The number of fused-ring (bicyclic) bond motifs is 1. The van der Waals surface area contributed by atoms with Gasteiger partial charge < -0.3 is 23.7 Å². The van der Waals surface area contributed by atoms with Crippen molar-refractivity contribution in [2.75, 3.05) is 7.11 Å². The first kappa shape index (κ1) is 28.5. The van der Waals surface area contributed by atoms with Crippen molar-refractivity contribution >= 4 is 11.9 Å². The van der Waals surface area contributed by atoms with E-state index < -0.39 is 17.6 Å². The molecule has 4 rings (SSSR count). The highest BCUT2D eigenvalue weighted by Gasteiger charge is 2.65. The number of carbonyl (C=O) groups excluding carboxylic acids is 2. The largest absolute Gasteiger partial charge is 0.464 e. The summed E-state index contributed by atoms with van der Waals surface area (Å²) in [4.78, 5) is 23.6. The molecule has 0 aliphatic carbocycles. The van der Waals surface area contributed by atoms with Gasteiger partial charge in [0.05, 0.1) is 17.4 Å². The Morgan fingerprint density at radius 2 is 1.72 bits per heavy atom. The summed E-state index contributed by atoms with van der Waals surface area (Å²) in [5.41, 5.74) is 0.808. The summed E-state index contributed by atoms with van der Waals surface area (Å²) < 4.78 is 27.7. The van der Waals surface area contributed by atoms with Crippen LogP contribution in [0.3, 0.4) is 0 Å². The van der Waals surface area contributed by atoms with Gasteiger partial charge in [-0.2, -0.15) is 0 Å². The smallest absolute Gasteiger partial charge is 0.312 e. The van der Waals surface area contributed by atoms with Crippen molar-refractivity contribution in [2.24, 2.45) is 16.7 Å². The molecule has 7 unspecified atom stereocenters. The van der Waals surface area contributed by atoms with E-state index >= 15 is 0 Å². The lowest BCUT2D eigenvalue weighted by atomic mass is 9.87. The minimum atomic E-state index is -0.510. The molecule has 36 heavy (non-hydrogen) atoms. The van der Waals surface area contributed by atoms with Crippen LogP contribution >= 0.6 is 0 Å². The average molecular weight is 505 g/mol. The Morgan fingerprint density at radius 3 is 2.25 bits per heavy atom. The molecule has 7 nitrogen and oxygen atoms in total. The predicted octanol–water partition coefficient (Wildman–Crippen LogP) is 5.64. The van der Waals surface area contributed by atoms with Crippen molar-refractivity contribution in [3.63, 3.8) is 0 Å². The maximum Gasteiger partial charge on any atom is 0.312 e. The quantitative estimate of drug-likeness (QED) is 0.334.